The minimum absolute atomic E-state index is 0.187. The van der Waals surface area contributed by atoms with Crippen molar-refractivity contribution in [2.75, 3.05) is 0 Å². The molecule has 0 saturated carbocycles. The van der Waals surface area contributed by atoms with Crippen LogP contribution in [-0.2, 0) is 4.79 Å². The molecule has 0 radical (unpaired) electrons. The summed E-state index contributed by atoms with van der Waals surface area (Å²) in [6.45, 7) is 1.65. The van der Waals surface area contributed by atoms with Crippen LogP contribution in [0.5, 0.6) is 0 Å². The Morgan fingerprint density at radius 1 is 1.50 bits per heavy atom. The topological polar surface area (TPSA) is 66.4 Å². The van der Waals surface area contributed by atoms with Crippen molar-refractivity contribution in [3.05, 3.63) is 33.9 Å². The lowest BCUT2D eigenvalue weighted by Crippen LogP contribution is -2.40. The first kappa shape index (κ1) is 14.7. The highest BCUT2D eigenvalue weighted by molar-refractivity contribution is 7.21. The molecule has 7 heteroatoms. The van der Waals surface area contributed by atoms with Crippen LogP contribution >= 0.6 is 22.9 Å². The largest absolute Gasteiger partial charge is 0.480 e. The summed E-state index contributed by atoms with van der Waals surface area (Å²) in [7, 11) is 0. The Morgan fingerprint density at radius 2 is 2.20 bits per heavy atom. The van der Waals surface area contributed by atoms with Crippen LogP contribution in [0, 0.1) is 5.82 Å². The summed E-state index contributed by atoms with van der Waals surface area (Å²) in [6, 6.07) is 3.07. The molecule has 2 rings (SSSR count). The third kappa shape index (κ3) is 2.76. The van der Waals surface area contributed by atoms with E-state index in [-0.39, 0.29) is 16.3 Å². The fraction of sp³-hybridized carbons (Fsp3) is 0.231. The number of hydrogen-bond acceptors (Lipinski definition) is 3. The van der Waals surface area contributed by atoms with Crippen LogP contribution in [0.4, 0.5) is 4.39 Å². The predicted octanol–water partition coefficient (Wildman–Crippen LogP) is 3.29. The smallest absolute Gasteiger partial charge is 0.326 e. The summed E-state index contributed by atoms with van der Waals surface area (Å²) < 4.78 is 13.7. The molecule has 0 bridgehead atoms. The minimum Gasteiger partial charge on any atom is -0.480 e. The number of hydrogen-bond donors (Lipinski definition) is 2. The van der Waals surface area contributed by atoms with Gasteiger partial charge >= 0.3 is 5.97 Å². The minimum atomic E-state index is -1.11. The van der Waals surface area contributed by atoms with Gasteiger partial charge in [-0.05, 0) is 24.6 Å². The van der Waals surface area contributed by atoms with Crippen LogP contribution in [0.3, 0.4) is 0 Å². The number of thiophene rings is 1. The quantitative estimate of drug-likeness (QED) is 0.910. The van der Waals surface area contributed by atoms with Crippen molar-refractivity contribution >= 4 is 44.9 Å². The van der Waals surface area contributed by atoms with Crippen LogP contribution in [0.15, 0.2) is 18.2 Å². The van der Waals surface area contributed by atoms with E-state index in [2.05, 4.69) is 5.32 Å². The highest BCUT2D eigenvalue weighted by Crippen LogP contribution is 2.35. The van der Waals surface area contributed by atoms with Gasteiger partial charge in [-0.25, -0.2) is 9.18 Å². The second kappa shape index (κ2) is 5.76. The van der Waals surface area contributed by atoms with Crippen LogP contribution in [0.2, 0.25) is 5.02 Å². The van der Waals surface area contributed by atoms with Crippen molar-refractivity contribution in [1.29, 1.82) is 0 Å². The van der Waals surface area contributed by atoms with E-state index in [0.29, 0.717) is 10.1 Å². The Bertz CT molecular complexity index is 686. The molecule has 0 aliphatic carbocycles. The number of carboxylic acids is 1. The summed E-state index contributed by atoms with van der Waals surface area (Å²) in [5, 5.41) is 12.1. The Hall–Kier alpha value is -1.66. The fourth-order valence-corrected chi connectivity index (χ4v) is 3.19. The molecule has 1 aromatic carbocycles. The van der Waals surface area contributed by atoms with Gasteiger partial charge in [-0.15, -0.1) is 11.3 Å². The summed E-state index contributed by atoms with van der Waals surface area (Å²) in [5.41, 5.74) is 0. The van der Waals surface area contributed by atoms with Crippen LogP contribution in [-0.4, -0.2) is 23.0 Å². The summed E-state index contributed by atoms with van der Waals surface area (Å²) in [5.74, 6) is -2.09. The zero-order valence-electron chi connectivity index (χ0n) is 10.4. The van der Waals surface area contributed by atoms with Gasteiger partial charge in [0.1, 0.15) is 16.7 Å². The monoisotopic (exact) mass is 315 g/mol. The van der Waals surface area contributed by atoms with Gasteiger partial charge in [-0.1, -0.05) is 18.5 Å². The first-order valence-electron chi connectivity index (χ1n) is 5.85. The molecule has 20 heavy (non-hydrogen) atoms. The second-order valence-corrected chi connectivity index (χ2v) is 5.59. The molecule has 1 atom stereocenters. The number of aliphatic carboxylic acids is 1. The first-order valence-corrected chi connectivity index (χ1v) is 7.04. The molecule has 4 nitrogen and oxygen atoms in total. The zero-order chi connectivity index (χ0) is 14.9. The molecule has 0 saturated heterocycles. The maximum absolute atomic E-state index is 13.1. The number of amides is 1. The van der Waals surface area contributed by atoms with Crippen molar-refractivity contribution in [1.82, 2.24) is 5.32 Å². The molecular weight excluding hydrogens is 305 g/mol. The van der Waals surface area contributed by atoms with Gasteiger partial charge in [0.15, 0.2) is 0 Å². The van der Waals surface area contributed by atoms with E-state index < -0.39 is 23.7 Å². The molecule has 2 aromatic rings. The van der Waals surface area contributed by atoms with Crippen molar-refractivity contribution < 1.29 is 19.1 Å². The van der Waals surface area contributed by atoms with Gasteiger partial charge in [-0.3, -0.25) is 4.79 Å². The molecule has 2 N–H and O–H groups in total. The van der Waals surface area contributed by atoms with Gasteiger partial charge in [0.25, 0.3) is 5.91 Å². The summed E-state index contributed by atoms with van der Waals surface area (Å²) in [6.07, 6.45) is 0.262. The highest BCUT2D eigenvalue weighted by Gasteiger charge is 2.22. The third-order valence-electron chi connectivity index (χ3n) is 2.81. The second-order valence-electron chi connectivity index (χ2n) is 4.16. The van der Waals surface area contributed by atoms with Gasteiger partial charge in [0, 0.05) is 10.1 Å². The molecular formula is C13H11ClFNO3S. The van der Waals surface area contributed by atoms with E-state index in [4.69, 9.17) is 16.7 Å². The van der Waals surface area contributed by atoms with Crippen molar-refractivity contribution in [3.63, 3.8) is 0 Å². The molecule has 0 fully saturated rings. The van der Waals surface area contributed by atoms with E-state index in [1.807, 2.05) is 0 Å². The van der Waals surface area contributed by atoms with Crippen LogP contribution in [0.25, 0.3) is 10.1 Å². The molecule has 106 valence electrons. The van der Waals surface area contributed by atoms with Gasteiger partial charge < -0.3 is 10.4 Å². The number of carbonyl (C=O) groups is 2. The number of carbonyl (C=O) groups excluding carboxylic acids is 1. The average molecular weight is 316 g/mol. The van der Waals surface area contributed by atoms with E-state index in [1.165, 1.54) is 18.2 Å². The maximum atomic E-state index is 13.1. The molecule has 0 unspecified atom stereocenters. The normalized spacial score (nSPS) is 12.3. The fourth-order valence-electron chi connectivity index (χ4n) is 1.75. The molecule has 1 heterocycles. The molecule has 1 aromatic heterocycles. The average Bonchev–Trinajstić information content (AvgIpc) is 2.72. The van der Waals surface area contributed by atoms with Crippen molar-refractivity contribution in [3.8, 4) is 0 Å². The van der Waals surface area contributed by atoms with E-state index >= 15 is 0 Å². The van der Waals surface area contributed by atoms with Crippen molar-refractivity contribution in [2.24, 2.45) is 0 Å². The summed E-state index contributed by atoms with van der Waals surface area (Å²) >= 11 is 7.12. The lowest BCUT2D eigenvalue weighted by molar-refractivity contribution is -0.139. The zero-order valence-corrected chi connectivity index (χ0v) is 12.0. The van der Waals surface area contributed by atoms with Gasteiger partial charge in [0.05, 0.1) is 5.02 Å². The maximum Gasteiger partial charge on any atom is 0.326 e. The van der Waals surface area contributed by atoms with Crippen LogP contribution in [0.1, 0.15) is 23.0 Å². The molecule has 0 aliphatic heterocycles. The van der Waals surface area contributed by atoms with Crippen LogP contribution < -0.4 is 5.32 Å². The van der Waals surface area contributed by atoms with Gasteiger partial charge in [0.2, 0.25) is 0 Å². The first-order chi connectivity index (χ1) is 9.43. The van der Waals surface area contributed by atoms with E-state index in [1.54, 1.807) is 6.92 Å². The van der Waals surface area contributed by atoms with Crippen molar-refractivity contribution in [2.45, 2.75) is 19.4 Å². The number of rotatable bonds is 4. The number of nitrogens with one attached hydrogen (secondary N) is 1. The Morgan fingerprint density at radius 3 is 2.80 bits per heavy atom. The third-order valence-corrected chi connectivity index (χ3v) is 4.47. The van der Waals surface area contributed by atoms with Gasteiger partial charge in [-0.2, -0.15) is 0 Å². The molecule has 0 aliphatic rings. The lowest BCUT2D eigenvalue weighted by Gasteiger charge is -2.11. The lowest BCUT2D eigenvalue weighted by atomic mass is 10.2. The summed E-state index contributed by atoms with van der Waals surface area (Å²) in [4.78, 5) is 23.1. The number of carboxylic acid groups (broad SMARTS) is 1. The SMILES string of the molecule is CC[C@H](NC(=O)c1sc2cc(F)ccc2c1Cl)C(=O)O. The van der Waals surface area contributed by atoms with E-state index in [9.17, 15) is 14.0 Å². The molecule has 0 spiro atoms. The highest BCUT2D eigenvalue weighted by atomic mass is 35.5. The number of halogens is 2. The Kier molecular flexibility index (Phi) is 4.25. The predicted molar refractivity (Wildman–Crippen MR) is 76.0 cm³/mol. The number of fused-ring (bicyclic) bond motifs is 1. The standard InChI is InChI=1S/C13H11ClFNO3S/c1-2-8(13(18)19)16-12(17)11-10(14)7-4-3-6(15)5-9(7)20-11/h3-5,8H,2H2,1H3,(H,16,17)(H,18,19)/t8-/m0/s1. The number of benzene rings is 1. The Balaban J connectivity index is 2.35. The van der Waals surface area contributed by atoms with E-state index in [0.717, 1.165) is 11.3 Å². The molecule has 1 amide bonds. The Labute approximate surface area is 123 Å².